The first-order valence-corrected chi connectivity index (χ1v) is 10.7. The minimum atomic E-state index is -0.131. The summed E-state index contributed by atoms with van der Waals surface area (Å²) < 4.78 is 16.0. The number of benzene rings is 2. The van der Waals surface area contributed by atoms with Crippen LogP contribution in [-0.4, -0.2) is 62.8 Å². The molecule has 0 atom stereocenters. The van der Waals surface area contributed by atoms with Gasteiger partial charge in [0.25, 0.3) is 0 Å². The molecule has 1 saturated heterocycles. The lowest BCUT2D eigenvalue weighted by Crippen LogP contribution is -2.48. The maximum atomic E-state index is 13.4. The summed E-state index contributed by atoms with van der Waals surface area (Å²) >= 11 is 0. The summed E-state index contributed by atoms with van der Waals surface area (Å²) in [5.74, 6) is 2.05. The van der Waals surface area contributed by atoms with Crippen LogP contribution in [0.2, 0.25) is 0 Å². The number of carbonyl (C=O) groups excluding carboxylic acids is 1. The number of hydrogen-bond donors (Lipinski definition) is 1. The highest BCUT2D eigenvalue weighted by Crippen LogP contribution is 2.27. The van der Waals surface area contributed by atoms with Crippen molar-refractivity contribution in [2.24, 2.45) is 0 Å². The molecule has 0 bridgehead atoms. The van der Waals surface area contributed by atoms with Crippen molar-refractivity contribution in [3.8, 4) is 17.2 Å². The summed E-state index contributed by atoms with van der Waals surface area (Å²) in [6.07, 6.45) is 1.90. The highest BCUT2D eigenvalue weighted by molar-refractivity contribution is 5.90. The number of amides is 2. The van der Waals surface area contributed by atoms with Crippen molar-refractivity contribution in [1.82, 2.24) is 9.80 Å². The summed E-state index contributed by atoms with van der Waals surface area (Å²) in [7, 11) is 4.84. The molecular formula is C24H33N3O4. The number of nitrogens with one attached hydrogen (secondary N) is 1. The zero-order valence-corrected chi connectivity index (χ0v) is 18.9. The van der Waals surface area contributed by atoms with Crippen LogP contribution in [0.15, 0.2) is 42.5 Å². The van der Waals surface area contributed by atoms with E-state index in [1.54, 1.807) is 39.5 Å². The molecule has 2 aromatic rings. The highest BCUT2D eigenvalue weighted by Gasteiger charge is 2.28. The number of carbonyl (C=O) groups is 1. The van der Waals surface area contributed by atoms with Crippen LogP contribution in [0.25, 0.3) is 0 Å². The van der Waals surface area contributed by atoms with Gasteiger partial charge in [-0.15, -0.1) is 0 Å². The van der Waals surface area contributed by atoms with Gasteiger partial charge in [0.2, 0.25) is 0 Å². The molecule has 1 fully saturated rings. The molecule has 1 aliphatic rings. The maximum Gasteiger partial charge on any atom is 0.322 e. The SMILES string of the molecule is CCN1CCC(N(Cc2cccc(OC)c2)C(=O)Nc2cc(OC)cc(OC)c2)CC1. The lowest BCUT2D eigenvalue weighted by molar-refractivity contribution is 0.126. The first kappa shape index (κ1) is 22.7. The lowest BCUT2D eigenvalue weighted by Gasteiger charge is -2.38. The van der Waals surface area contributed by atoms with Gasteiger partial charge in [-0.2, -0.15) is 0 Å². The largest absolute Gasteiger partial charge is 0.497 e. The molecule has 0 unspecified atom stereocenters. The van der Waals surface area contributed by atoms with Crippen molar-refractivity contribution < 1.29 is 19.0 Å². The number of piperidine rings is 1. The molecule has 0 radical (unpaired) electrons. The third-order valence-electron chi connectivity index (χ3n) is 5.80. The number of urea groups is 1. The minimum Gasteiger partial charge on any atom is -0.497 e. The Morgan fingerprint density at radius 1 is 1.00 bits per heavy atom. The van der Waals surface area contributed by atoms with E-state index in [0.29, 0.717) is 23.7 Å². The Labute approximate surface area is 184 Å². The van der Waals surface area contributed by atoms with Gasteiger partial charge in [0, 0.05) is 49.6 Å². The van der Waals surface area contributed by atoms with Gasteiger partial charge in [0.05, 0.1) is 21.3 Å². The fourth-order valence-electron chi connectivity index (χ4n) is 3.96. The summed E-state index contributed by atoms with van der Waals surface area (Å²) in [6, 6.07) is 13.3. The van der Waals surface area contributed by atoms with Crippen LogP contribution in [0, 0.1) is 0 Å². The zero-order chi connectivity index (χ0) is 22.2. The van der Waals surface area contributed by atoms with E-state index in [9.17, 15) is 4.79 Å². The Hall–Kier alpha value is -2.93. The Morgan fingerprint density at radius 3 is 2.23 bits per heavy atom. The van der Waals surface area contributed by atoms with Crippen LogP contribution in [0.4, 0.5) is 10.5 Å². The molecule has 0 aromatic heterocycles. The molecule has 2 aromatic carbocycles. The first-order chi connectivity index (χ1) is 15.1. The van der Waals surface area contributed by atoms with E-state index in [4.69, 9.17) is 14.2 Å². The number of rotatable bonds is 8. The van der Waals surface area contributed by atoms with Crippen molar-refractivity contribution in [3.05, 3.63) is 48.0 Å². The molecule has 7 nitrogen and oxygen atoms in total. The van der Waals surface area contributed by atoms with E-state index >= 15 is 0 Å². The van der Waals surface area contributed by atoms with Crippen molar-refractivity contribution in [2.75, 3.05) is 46.3 Å². The summed E-state index contributed by atoms with van der Waals surface area (Å²) in [5.41, 5.74) is 1.68. The van der Waals surface area contributed by atoms with E-state index in [-0.39, 0.29) is 12.1 Å². The van der Waals surface area contributed by atoms with Gasteiger partial charge >= 0.3 is 6.03 Å². The topological polar surface area (TPSA) is 63.3 Å². The summed E-state index contributed by atoms with van der Waals surface area (Å²) in [4.78, 5) is 17.8. The van der Waals surface area contributed by atoms with E-state index in [2.05, 4.69) is 17.1 Å². The van der Waals surface area contributed by atoms with Crippen molar-refractivity contribution in [3.63, 3.8) is 0 Å². The second kappa shape index (κ2) is 10.9. The fourth-order valence-corrected chi connectivity index (χ4v) is 3.96. The Bertz CT molecular complexity index is 843. The number of likely N-dealkylation sites (tertiary alicyclic amines) is 1. The van der Waals surface area contributed by atoms with Crippen LogP contribution >= 0.6 is 0 Å². The number of nitrogens with zero attached hydrogens (tertiary/aromatic N) is 2. The molecule has 0 saturated carbocycles. The zero-order valence-electron chi connectivity index (χ0n) is 18.9. The van der Waals surface area contributed by atoms with Crippen LogP contribution in [-0.2, 0) is 6.54 Å². The predicted octanol–water partition coefficient (Wildman–Crippen LogP) is 4.23. The van der Waals surface area contributed by atoms with Gasteiger partial charge in [-0.3, -0.25) is 0 Å². The van der Waals surface area contributed by atoms with Crippen molar-refractivity contribution in [2.45, 2.75) is 32.4 Å². The molecule has 0 aliphatic carbocycles. The Balaban J connectivity index is 1.81. The van der Waals surface area contributed by atoms with E-state index in [1.165, 1.54) is 0 Å². The quantitative estimate of drug-likeness (QED) is 0.683. The molecule has 1 heterocycles. The maximum absolute atomic E-state index is 13.4. The van der Waals surface area contributed by atoms with Crippen molar-refractivity contribution in [1.29, 1.82) is 0 Å². The number of ether oxygens (including phenoxy) is 3. The fraction of sp³-hybridized carbons (Fsp3) is 0.458. The van der Waals surface area contributed by atoms with Crippen molar-refractivity contribution >= 4 is 11.7 Å². The van der Waals surface area contributed by atoms with Gasteiger partial charge < -0.3 is 29.3 Å². The number of hydrogen-bond acceptors (Lipinski definition) is 5. The summed E-state index contributed by atoms with van der Waals surface area (Å²) in [6.45, 7) is 5.72. The van der Waals surface area contributed by atoms with Gasteiger partial charge in [-0.05, 0) is 37.1 Å². The average molecular weight is 428 g/mol. The number of anilines is 1. The highest BCUT2D eigenvalue weighted by atomic mass is 16.5. The third kappa shape index (κ3) is 6.04. The molecule has 0 spiro atoms. The third-order valence-corrected chi connectivity index (χ3v) is 5.80. The standard InChI is InChI=1S/C24H33N3O4/c1-5-26-11-9-20(10-12-26)27(17-18-7-6-8-21(13-18)29-2)24(28)25-19-14-22(30-3)16-23(15-19)31-4/h6-8,13-16,20H,5,9-12,17H2,1-4H3,(H,25,28). The first-order valence-electron chi connectivity index (χ1n) is 10.7. The summed E-state index contributed by atoms with van der Waals surface area (Å²) in [5, 5.41) is 3.04. The molecule has 31 heavy (non-hydrogen) atoms. The molecule has 7 heteroatoms. The average Bonchev–Trinajstić information content (AvgIpc) is 2.82. The van der Waals surface area contributed by atoms with Crippen LogP contribution in [0.1, 0.15) is 25.3 Å². The number of methoxy groups -OCH3 is 3. The van der Waals surface area contributed by atoms with Crippen LogP contribution in [0.5, 0.6) is 17.2 Å². The lowest BCUT2D eigenvalue weighted by atomic mass is 10.0. The second-order valence-corrected chi connectivity index (χ2v) is 7.68. The Morgan fingerprint density at radius 2 is 1.65 bits per heavy atom. The van der Waals surface area contributed by atoms with Gasteiger partial charge in [-0.1, -0.05) is 19.1 Å². The van der Waals surface area contributed by atoms with E-state index in [0.717, 1.165) is 43.8 Å². The normalized spacial score (nSPS) is 14.7. The second-order valence-electron chi connectivity index (χ2n) is 7.68. The molecule has 1 N–H and O–H groups in total. The molecule has 3 rings (SSSR count). The van der Waals surface area contributed by atoms with Gasteiger partial charge in [0.15, 0.2) is 0 Å². The monoisotopic (exact) mass is 427 g/mol. The smallest absolute Gasteiger partial charge is 0.322 e. The van der Waals surface area contributed by atoms with Crippen LogP contribution < -0.4 is 19.5 Å². The molecular weight excluding hydrogens is 394 g/mol. The van der Waals surface area contributed by atoms with Crippen LogP contribution in [0.3, 0.4) is 0 Å². The van der Waals surface area contributed by atoms with Gasteiger partial charge in [-0.25, -0.2) is 4.79 Å². The minimum absolute atomic E-state index is 0.131. The van der Waals surface area contributed by atoms with E-state index in [1.807, 2.05) is 29.2 Å². The van der Waals surface area contributed by atoms with E-state index < -0.39 is 0 Å². The van der Waals surface area contributed by atoms with Gasteiger partial charge in [0.1, 0.15) is 17.2 Å². The predicted molar refractivity (Wildman–Crippen MR) is 122 cm³/mol. The molecule has 168 valence electrons. The Kier molecular flexibility index (Phi) is 8.00. The molecule has 1 aliphatic heterocycles. The molecule has 2 amide bonds.